The maximum absolute atomic E-state index is 11.8. The van der Waals surface area contributed by atoms with Gasteiger partial charge in [0, 0.05) is 26.2 Å². The number of rotatable bonds is 6. The maximum atomic E-state index is 11.8. The number of benzene rings is 1. The first-order chi connectivity index (χ1) is 9.92. The molecule has 2 aromatic rings. The number of hydrogen-bond acceptors (Lipinski definition) is 5. The summed E-state index contributed by atoms with van der Waals surface area (Å²) < 4.78 is 27.6. The van der Waals surface area contributed by atoms with E-state index in [0.717, 1.165) is 12.1 Å². The first kappa shape index (κ1) is 15.3. The second-order valence-electron chi connectivity index (χ2n) is 4.61. The quantitative estimate of drug-likeness (QED) is 0.677. The number of aryl methyl sites for hydroxylation is 1. The smallest absolute Gasteiger partial charge is 0.240 e. The molecule has 114 valence electrons. The molecule has 0 radical (unpaired) electrons. The number of nitrogens with zero attached hydrogens (tertiary/aromatic N) is 2. The Bertz CT molecular complexity index is 724. The number of anilines is 2. The van der Waals surface area contributed by atoms with Crippen LogP contribution in [0.5, 0.6) is 0 Å². The summed E-state index contributed by atoms with van der Waals surface area (Å²) >= 11 is 0. The number of aromatic nitrogens is 2. The van der Waals surface area contributed by atoms with Crippen LogP contribution in [0.25, 0.3) is 0 Å². The second-order valence-corrected chi connectivity index (χ2v) is 6.50. The molecule has 0 amide bonds. The Morgan fingerprint density at radius 2 is 2.10 bits per heavy atom. The number of nitrogens with one attached hydrogen (secondary N) is 2. The van der Waals surface area contributed by atoms with Crippen molar-refractivity contribution >= 4 is 21.4 Å². The van der Waals surface area contributed by atoms with Crippen LogP contribution >= 0.6 is 0 Å². The molecule has 0 spiro atoms. The molecule has 0 aliphatic heterocycles. The summed E-state index contributed by atoms with van der Waals surface area (Å²) in [4.78, 5) is 0.180. The fourth-order valence-electron chi connectivity index (χ4n) is 1.90. The zero-order chi connectivity index (χ0) is 15.5. The van der Waals surface area contributed by atoms with E-state index in [4.69, 9.17) is 5.73 Å². The Balaban J connectivity index is 2.07. The van der Waals surface area contributed by atoms with Crippen molar-refractivity contribution in [1.82, 2.24) is 14.5 Å². The van der Waals surface area contributed by atoms with Gasteiger partial charge in [-0.05, 0) is 31.3 Å². The average molecular weight is 309 g/mol. The van der Waals surface area contributed by atoms with Crippen LogP contribution in [0.1, 0.15) is 5.69 Å². The van der Waals surface area contributed by atoms with Gasteiger partial charge in [0.1, 0.15) is 0 Å². The fourth-order valence-corrected chi connectivity index (χ4v) is 2.65. The van der Waals surface area contributed by atoms with Crippen LogP contribution in [0.3, 0.4) is 0 Å². The molecule has 2 rings (SSSR count). The highest BCUT2D eigenvalue weighted by Crippen LogP contribution is 2.22. The molecule has 0 aliphatic rings. The van der Waals surface area contributed by atoms with Gasteiger partial charge in [-0.3, -0.25) is 4.68 Å². The van der Waals surface area contributed by atoms with Crippen LogP contribution in [-0.2, 0) is 23.5 Å². The van der Waals surface area contributed by atoms with E-state index in [-0.39, 0.29) is 4.90 Å². The van der Waals surface area contributed by atoms with Gasteiger partial charge in [-0.25, -0.2) is 13.1 Å². The monoisotopic (exact) mass is 309 g/mol. The first-order valence-electron chi connectivity index (χ1n) is 6.48. The molecule has 0 atom stereocenters. The lowest BCUT2D eigenvalue weighted by Gasteiger charge is -2.11. The van der Waals surface area contributed by atoms with Gasteiger partial charge in [0.15, 0.2) is 0 Å². The summed E-state index contributed by atoms with van der Waals surface area (Å²) in [6.45, 7) is 0.615. The molecule has 0 aliphatic carbocycles. The molecule has 0 bridgehead atoms. The third-order valence-corrected chi connectivity index (χ3v) is 4.48. The Morgan fingerprint density at radius 1 is 1.33 bits per heavy atom. The number of sulfonamides is 1. The zero-order valence-electron chi connectivity index (χ0n) is 12.0. The van der Waals surface area contributed by atoms with Crippen molar-refractivity contribution in [3.63, 3.8) is 0 Å². The molecule has 4 N–H and O–H groups in total. The highest BCUT2D eigenvalue weighted by Gasteiger charge is 2.13. The number of hydrogen-bond donors (Lipinski definition) is 3. The van der Waals surface area contributed by atoms with Gasteiger partial charge in [0.05, 0.1) is 22.0 Å². The molecule has 0 saturated carbocycles. The third-order valence-electron chi connectivity index (χ3n) is 3.07. The molecule has 0 unspecified atom stereocenters. The van der Waals surface area contributed by atoms with E-state index in [1.807, 2.05) is 19.3 Å². The van der Waals surface area contributed by atoms with Crippen LogP contribution in [0.15, 0.2) is 35.4 Å². The minimum absolute atomic E-state index is 0.180. The summed E-state index contributed by atoms with van der Waals surface area (Å²) in [7, 11) is -0.236. The van der Waals surface area contributed by atoms with Crippen molar-refractivity contribution in [2.45, 2.75) is 11.3 Å². The lowest BCUT2D eigenvalue weighted by Crippen LogP contribution is -2.19. The standard InChI is InChI=1S/C13H19N5O2S/c1-15-21(19,20)11-3-4-12(14)13(9-11)16-7-5-10-6-8-18(2)17-10/h3-4,6,8-9,15-16H,5,7,14H2,1-2H3. The van der Waals surface area contributed by atoms with Crippen LogP contribution < -0.4 is 15.8 Å². The molecule has 0 fully saturated rings. The van der Waals surface area contributed by atoms with Crippen LogP contribution in [-0.4, -0.2) is 31.8 Å². The van der Waals surface area contributed by atoms with Crippen molar-refractivity contribution in [3.8, 4) is 0 Å². The highest BCUT2D eigenvalue weighted by molar-refractivity contribution is 7.89. The van der Waals surface area contributed by atoms with Gasteiger partial charge < -0.3 is 11.1 Å². The average Bonchev–Trinajstić information content (AvgIpc) is 2.86. The summed E-state index contributed by atoms with van der Waals surface area (Å²) in [6.07, 6.45) is 2.60. The van der Waals surface area contributed by atoms with Crippen molar-refractivity contribution < 1.29 is 8.42 Å². The molecule has 1 aromatic heterocycles. The Labute approximate surface area is 124 Å². The van der Waals surface area contributed by atoms with Crippen LogP contribution in [0.2, 0.25) is 0 Å². The van der Waals surface area contributed by atoms with E-state index >= 15 is 0 Å². The molecule has 21 heavy (non-hydrogen) atoms. The van der Waals surface area contributed by atoms with Crippen LogP contribution in [0.4, 0.5) is 11.4 Å². The summed E-state index contributed by atoms with van der Waals surface area (Å²) in [6, 6.07) is 6.52. The highest BCUT2D eigenvalue weighted by atomic mass is 32.2. The largest absolute Gasteiger partial charge is 0.397 e. The topological polar surface area (TPSA) is 102 Å². The van der Waals surface area contributed by atoms with Gasteiger partial charge >= 0.3 is 0 Å². The van der Waals surface area contributed by atoms with Crippen LogP contribution in [0, 0.1) is 0 Å². The van der Waals surface area contributed by atoms with Crippen molar-refractivity contribution in [1.29, 1.82) is 0 Å². The molecule has 1 heterocycles. The predicted octanol–water partition coefficient (Wildman–Crippen LogP) is 0.565. The molecule has 0 saturated heterocycles. The third kappa shape index (κ3) is 3.73. The maximum Gasteiger partial charge on any atom is 0.240 e. The van der Waals surface area contributed by atoms with Gasteiger partial charge in [-0.15, -0.1) is 0 Å². The van der Waals surface area contributed by atoms with E-state index in [9.17, 15) is 8.42 Å². The molecular formula is C13H19N5O2S. The van der Waals surface area contributed by atoms with Gasteiger partial charge in [0.25, 0.3) is 0 Å². The van der Waals surface area contributed by atoms with E-state index in [0.29, 0.717) is 17.9 Å². The van der Waals surface area contributed by atoms with Crippen molar-refractivity contribution in [3.05, 3.63) is 36.2 Å². The zero-order valence-corrected chi connectivity index (χ0v) is 12.8. The number of nitrogens with two attached hydrogens (primary N) is 1. The van der Waals surface area contributed by atoms with Gasteiger partial charge in [-0.2, -0.15) is 5.10 Å². The minimum Gasteiger partial charge on any atom is -0.397 e. The molecule has 8 heteroatoms. The minimum atomic E-state index is -3.47. The van der Waals surface area contributed by atoms with E-state index in [1.54, 1.807) is 10.7 Å². The molecule has 1 aromatic carbocycles. The normalized spacial score (nSPS) is 11.5. The lowest BCUT2D eigenvalue weighted by atomic mass is 10.2. The second kappa shape index (κ2) is 6.15. The Hall–Kier alpha value is -2.06. The molecule has 7 nitrogen and oxygen atoms in total. The summed E-state index contributed by atoms with van der Waals surface area (Å²) in [5, 5.41) is 7.41. The summed E-state index contributed by atoms with van der Waals surface area (Å²) in [5.74, 6) is 0. The van der Waals surface area contributed by atoms with Crippen molar-refractivity contribution in [2.75, 3.05) is 24.6 Å². The Kier molecular flexibility index (Phi) is 4.49. The van der Waals surface area contributed by atoms with E-state index in [2.05, 4.69) is 15.1 Å². The van der Waals surface area contributed by atoms with E-state index in [1.165, 1.54) is 19.2 Å². The van der Waals surface area contributed by atoms with E-state index < -0.39 is 10.0 Å². The fraction of sp³-hybridized carbons (Fsp3) is 0.308. The predicted molar refractivity (Wildman–Crippen MR) is 82.5 cm³/mol. The van der Waals surface area contributed by atoms with Crippen molar-refractivity contribution in [2.24, 2.45) is 7.05 Å². The van der Waals surface area contributed by atoms with Gasteiger partial charge in [-0.1, -0.05) is 0 Å². The Morgan fingerprint density at radius 3 is 2.71 bits per heavy atom. The van der Waals surface area contributed by atoms with Gasteiger partial charge in [0.2, 0.25) is 10.0 Å². The SMILES string of the molecule is CNS(=O)(=O)c1ccc(N)c(NCCc2ccn(C)n2)c1. The summed E-state index contributed by atoms with van der Waals surface area (Å²) in [5.41, 5.74) is 7.93. The first-order valence-corrected chi connectivity index (χ1v) is 7.96. The lowest BCUT2D eigenvalue weighted by molar-refractivity contribution is 0.588. The molecular weight excluding hydrogens is 290 g/mol. The number of nitrogen functional groups attached to an aromatic ring is 1.